The summed E-state index contributed by atoms with van der Waals surface area (Å²) in [5.41, 5.74) is 0.316. The Kier molecular flexibility index (Phi) is 3.34. The first-order valence-electron chi connectivity index (χ1n) is 9.19. The molecule has 4 aliphatic rings. The molecule has 0 aromatic heterocycles. The van der Waals surface area contributed by atoms with Crippen LogP contribution < -0.4 is 0 Å². The molecule has 4 saturated carbocycles. The zero-order valence-electron chi connectivity index (χ0n) is 13.3. The summed E-state index contributed by atoms with van der Waals surface area (Å²) >= 11 is 0. The van der Waals surface area contributed by atoms with Crippen LogP contribution >= 0.6 is 0 Å². The maximum atomic E-state index is 9.97. The van der Waals surface area contributed by atoms with Crippen LogP contribution in [0.15, 0.2) is 0 Å². The third-order valence-corrected chi connectivity index (χ3v) is 8.03. The van der Waals surface area contributed by atoms with E-state index in [4.69, 9.17) is 0 Å². The molecule has 4 rings (SSSR count). The van der Waals surface area contributed by atoms with Crippen LogP contribution in [-0.4, -0.2) is 11.2 Å². The molecule has 4 aliphatic carbocycles. The van der Waals surface area contributed by atoms with Gasteiger partial charge in [0.05, 0.1) is 18.1 Å². The van der Waals surface area contributed by atoms with Gasteiger partial charge in [0.25, 0.3) is 0 Å². The summed E-state index contributed by atoms with van der Waals surface area (Å²) in [6.45, 7) is 2.42. The van der Waals surface area contributed by atoms with Gasteiger partial charge in [-0.25, -0.2) is 0 Å². The van der Waals surface area contributed by atoms with Crippen molar-refractivity contribution in [2.75, 3.05) is 0 Å². The van der Waals surface area contributed by atoms with Crippen LogP contribution in [0.3, 0.4) is 0 Å². The molecule has 1 N–H and O–H groups in total. The minimum Gasteiger partial charge on any atom is -0.393 e. The molecule has 116 valence electrons. The molecule has 4 fully saturated rings. The predicted molar refractivity (Wildman–Crippen MR) is 82.2 cm³/mol. The highest BCUT2D eigenvalue weighted by atomic mass is 16.3. The van der Waals surface area contributed by atoms with Gasteiger partial charge in [-0.05, 0) is 92.8 Å². The van der Waals surface area contributed by atoms with Gasteiger partial charge in [0.2, 0.25) is 0 Å². The van der Waals surface area contributed by atoms with Gasteiger partial charge in [-0.3, -0.25) is 0 Å². The highest BCUT2D eigenvalue weighted by molar-refractivity contribution is 5.10. The van der Waals surface area contributed by atoms with E-state index >= 15 is 0 Å². The Morgan fingerprint density at radius 3 is 2.62 bits per heavy atom. The lowest BCUT2D eigenvalue weighted by Crippen LogP contribution is -2.47. The molecule has 2 nitrogen and oxygen atoms in total. The Morgan fingerprint density at radius 1 is 0.952 bits per heavy atom. The molecule has 0 aromatic carbocycles. The van der Waals surface area contributed by atoms with E-state index in [1.807, 2.05) is 0 Å². The Hall–Kier alpha value is -0.550. The smallest absolute Gasteiger partial charge is 0.0661 e. The predicted octanol–water partition coefficient (Wildman–Crippen LogP) is 4.14. The summed E-state index contributed by atoms with van der Waals surface area (Å²) in [5, 5.41) is 19.5. The largest absolute Gasteiger partial charge is 0.393 e. The van der Waals surface area contributed by atoms with Crippen LogP contribution in [0.4, 0.5) is 0 Å². The van der Waals surface area contributed by atoms with Crippen molar-refractivity contribution in [3.8, 4) is 6.07 Å². The molecule has 0 amide bonds. The highest BCUT2D eigenvalue weighted by Crippen LogP contribution is 2.63. The van der Waals surface area contributed by atoms with Gasteiger partial charge in [-0.1, -0.05) is 6.92 Å². The van der Waals surface area contributed by atoms with Crippen molar-refractivity contribution in [3.05, 3.63) is 0 Å². The summed E-state index contributed by atoms with van der Waals surface area (Å²) in [4.78, 5) is 0. The first kappa shape index (κ1) is 14.1. The van der Waals surface area contributed by atoms with E-state index in [1.54, 1.807) is 0 Å². The second kappa shape index (κ2) is 4.98. The standard InChI is InChI=1S/C19H29NO/c1-19-7-6-13-8-14-9-16(21)4-2-12(14)10-17(13)18(19)5-3-15(19)11-20/h12-18,21H,2-10H2,1H3/t12-,13+,14+,15+,16-,17+,18-,19+/m0/s1. The second-order valence-electron chi connectivity index (χ2n) is 8.79. The van der Waals surface area contributed by atoms with Crippen LogP contribution in [0.1, 0.15) is 64.7 Å². The van der Waals surface area contributed by atoms with E-state index in [0.717, 1.165) is 48.9 Å². The molecule has 0 spiro atoms. The summed E-state index contributed by atoms with van der Waals surface area (Å²) in [6.07, 6.45) is 11.2. The van der Waals surface area contributed by atoms with Gasteiger partial charge in [-0.15, -0.1) is 0 Å². The number of hydrogen-bond acceptors (Lipinski definition) is 2. The number of rotatable bonds is 0. The number of fused-ring (bicyclic) bond motifs is 4. The third kappa shape index (κ3) is 2.07. The zero-order valence-corrected chi connectivity index (χ0v) is 13.3. The number of hydrogen-bond donors (Lipinski definition) is 1. The van der Waals surface area contributed by atoms with E-state index in [1.165, 1.54) is 38.5 Å². The van der Waals surface area contributed by atoms with Crippen molar-refractivity contribution in [1.29, 1.82) is 5.26 Å². The molecule has 0 unspecified atom stereocenters. The first-order chi connectivity index (χ1) is 10.1. The van der Waals surface area contributed by atoms with Crippen molar-refractivity contribution in [2.45, 2.75) is 70.8 Å². The fourth-order valence-corrected chi connectivity index (χ4v) is 6.87. The highest BCUT2D eigenvalue weighted by Gasteiger charge is 2.56. The van der Waals surface area contributed by atoms with Crippen molar-refractivity contribution in [1.82, 2.24) is 0 Å². The Labute approximate surface area is 128 Å². The fraction of sp³-hybridized carbons (Fsp3) is 0.947. The number of nitriles is 1. The van der Waals surface area contributed by atoms with E-state index in [9.17, 15) is 10.4 Å². The minimum atomic E-state index is -0.0221. The average molecular weight is 287 g/mol. The summed E-state index contributed by atoms with van der Waals surface area (Å²) in [5.74, 6) is 4.58. The SMILES string of the molecule is C[C@]12CC[C@@H]3C[C@@H]4C[C@@H](O)CC[C@H]4C[C@H]3[C@@H]1CC[C@@H]2C#N. The van der Waals surface area contributed by atoms with Crippen LogP contribution in [0.25, 0.3) is 0 Å². The molecule has 21 heavy (non-hydrogen) atoms. The third-order valence-electron chi connectivity index (χ3n) is 8.03. The van der Waals surface area contributed by atoms with Crippen molar-refractivity contribution < 1.29 is 5.11 Å². The zero-order chi connectivity index (χ0) is 14.6. The summed E-state index contributed by atoms with van der Waals surface area (Å²) in [6, 6.07) is 2.63. The number of aliphatic hydroxyl groups excluding tert-OH is 1. The van der Waals surface area contributed by atoms with Crippen molar-refractivity contribution in [3.63, 3.8) is 0 Å². The molecule has 8 atom stereocenters. The molecule has 0 aliphatic heterocycles. The lowest BCUT2D eigenvalue weighted by molar-refractivity contribution is -0.0567. The molecular weight excluding hydrogens is 258 g/mol. The summed E-state index contributed by atoms with van der Waals surface area (Å²) < 4.78 is 0. The van der Waals surface area contributed by atoms with Crippen LogP contribution in [0.2, 0.25) is 0 Å². The Balaban J connectivity index is 1.55. The second-order valence-corrected chi connectivity index (χ2v) is 8.79. The quantitative estimate of drug-likeness (QED) is 0.727. The number of nitrogens with zero attached hydrogens (tertiary/aromatic N) is 1. The molecule has 0 saturated heterocycles. The normalized spacial score (nSPS) is 56.0. The molecule has 0 heterocycles. The average Bonchev–Trinajstić information content (AvgIpc) is 2.82. The first-order valence-corrected chi connectivity index (χ1v) is 9.19. The van der Waals surface area contributed by atoms with E-state index < -0.39 is 0 Å². The van der Waals surface area contributed by atoms with Crippen LogP contribution in [-0.2, 0) is 0 Å². The topological polar surface area (TPSA) is 44.0 Å². The maximum Gasteiger partial charge on any atom is 0.0661 e. The van der Waals surface area contributed by atoms with Gasteiger partial charge < -0.3 is 5.11 Å². The fourth-order valence-electron chi connectivity index (χ4n) is 6.87. The molecule has 0 bridgehead atoms. The van der Waals surface area contributed by atoms with Gasteiger partial charge in [0.1, 0.15) is 0 Å². The lowest BCUT2D eigenvalue weighted by Gasteiger charge is -2.54. The molecule has 0 radical (unpaired) electrons. The van der Waals surface area contributed by atoms with Gasteiger partial charge in [0.15, 0.2) is 0 Å². The van der Waals surface area contributed by atoms with E-state index in [2.05, 4.69) is 13.0 Å². The Bertz CT molecular complexity index is 455. The van der Waals surface area contributed by atoms with Gasteiger partial charge in [-0.2, -0.15) is 5.26 Å². The van der Waals surface area contributed by atoms with E-state index in [-0.39, 0.29) is 6.10 Å². The monoisotopic (exact) mass is 287 g/mol. The molecule has 0 aromatic rings. The van der Waals surface area contributed by atoms with Gasteiger partial charge in [0, 0.05) is 0 Å². The van der Waals surface area contributed by atoms with Gasteiger partial charge >= 0.3 is 0 Å². The van der Waals surface area contributed by atoms with Crippen LogP contribution in [0.5, 0.6) is 0 Å². The van der Waals surface area contributed by atoms with Crippen molar-refractivity contribution in [2.24, 2.45) is 40.9 Å². The Morgan fingerprint density at radius 2 is 1.81 bits per heavy atom. The van der Waals surface area contributed by atoms with Crippen molar-refractivity contribution >= 4 is 0 Å². The minimum absolute atomic E-state index is 0.0221. The van der Waals surface area contributed by atoms with Crippen LogP contribution in [0, 0.1) is 52.3 Å². The maximum absolute atomic E-state index is 9.97. The van der Waals surface area contributed by atoms with E-state index in [0.29, 0.717) is 11.3 Å². The molecular formula is C19H29NO. The number of aliphatic hydroxyl groups is 1. The molecule has 2 heteroatoms. The summed E-state index contributed by atoms with van der Waals surface area (Å²) in [7, 11) is 0. The lowest BCUT2D eigenvalue weighted by atomic mass is 9.51.